The molecule has 8 nitrogen and oxygen atoms in total. The highest BCUT2D eigenvalue weighted by Crippen LogP contribution is 2.21. The zero-order valence-electron chi connectivity index (χ0n) is 12.7. The molecule has 2 rings (SSSR count). The van der Waals surface area contributed by atoms with Crippen molar-refractivity contribution in [2.24, 2.45) is 5.92 Å². The van der Waals surface area contributed by atoms with Crippen molar-refractivity contribution in [3.05, 3.63) is 12.3 Å². The number of aromatic nitrogens is 2. The minimum absolute atomic E-state index is 0.229. The molecule has 1 fully saturated rings. The SMILES string of the molecule is CCn1nccc1N1CCCC(NC(=O)C(C)C(=O)O)C1=O. The van der Waals surface area contributed by atoms with Gasteiger partial charge in [-0.3, -0.25) is 19.3 Å². The molecule has 0 aromatic carbocycles. The highest BCUT2D eigenvalue weighted by atomic mass is 16.4. The number of nitrogens with one attached hydrogen (secondary N) is 1. The average Bonchev–Trinajstić information content (AvgIpc) is 2.96. The Balaban J connectivity index is 2.10. The highest BCUT2D eigenvalue weighted by Gasteiger charge is 2.34. The number of carboxylic acid groups (broad SMARTS) is 1. The summed E-state index contributed by atoms with van der Waals surface area (Å²) >= 11 is 0. The molecular weight excluding hydrogens is 288 g/mol. The van der Waals surface area contributed by atoms with E-state index in [0.717, 1.165) is 6.42 Å². The standard InChI is InChI=1S/C14H20N4O4/c1-3-18-11(6-7-15-18)17-8-4-5-10(13(17)20)16-12(19)9(2)14(21)22/h6-7,9-10H,3-5,8H2,1-2H3,(H,16,19)(H,21,22). The second-order valence-corrected chi connectivity index (χ2v) is 5.26. The van der Waals surface area contributed by atoms with Crippen LogP contribution in [-0.4, -0.2) is 45.3 Å². The van der Waals surface area contributed by atoms with Crippen LogP contribution >= 0.6 is 0 Å². The molecule has 1 aromatic rings. The predicted octanol–water partition coefficient (Wildman–Crippen LogP) is 0.235. The summed E-state index contributed by atoms with van der Waals surface area (Å²) in [6, 6.07) is 1.06. The first-order chi connectivity index (χ1) is 10.5. The summed E-state index contributed by atoms with van der Waals surface area (Å²) in [5.74, 6) is -2.56. The fraction of sp³-hybridized carbons (Fsp3) is 0.571. The van der Waals surface area contributed by atoms with Crippen LogP contribution in [0.5, 0.6) is 0 Å². The number of hydrogen-bond acceptors (Lipinski definition) is 4. The van der Waals surface area contributed by atoms with Crippen LogP contribution in [0.3, 0.4) is 0 Å². The molecule has 0 bridgehead atoms. The van der Waals surface area contributed by atoms with Gasteiger partial charge in [0.15, 0.2) is 0 Å². The first-order valence-corrected chi connectivity index (χ1v) is 7.32. The van der Waals surface area contributed by atoms with Crippen molar-refractivity contribution in [3.63, 3.8) is 0 Å². The van der Waals surface area contributed by atoms with Gasteiger partial charge >= 0.3 is 5.97 Å². The van der Waals surface area contributed by atoms with Crippen LogP contribution in [0.15, 0.2) is 12.3 Å². The van der Waals surface area contributed by atoms with Crippen LogP contribution < -0.4 is 10.2 Å². The van der Waals surface area contributed by atoms with Gasteiger partial charge in [-0.05, 0) is 26.7 Å². The van der Waals surface area contributed by atoms with Crippen LogP contribution in [0.25, 0.3) is 0 Å². The van der Waals surface area contributed by atoms with E-state index >= 15 is 0 Å². The maximum absolute atomic E-state index is 12.5. The number of aliphatic carboxylic acids is 1. The van der Waals surface area contributed by atoms with E-state index in [2.05, 4.69) is 10.4 Å². The van der Waals surface area contributed by atoms with Gasteiger partial charge in [-0.1, -0.05) is 0 Å². The number of carbonyl (C=O) groups is 3. The molecular formula is C14H20N4O4. The van der Waals surface area contributed by atoms with E-state index < -0.39 is 23.8 Å². The molecule has 2 unspecified atom stereocenters. The molecule has 0 spiro atoms. The van der Waals surface area contributed by atoms with Gasteiger partial charge in [0.25, 0.3) is 5.91 Å². The van der Waals surface area contributed by atoms with Gasteiger partial charge in [-0.15, -0.1) is 0 Å². The number of rotatable bonds is 5. The van der Waals surface area contributed by atoms with Crippen LogP contribution in [0.4, 0.5) is 5.82 Å². The molecule has 2 heterocycles. The van der Waals surface area contributed by atoms with E-state index in [9.17, 15) is 14.4 Å². The number of hydrogen-bond donors (Lipinski definition) is 2. The Hall–Kier alpha value is -2.38. The summed E-state index contributed by atoms with van der Waals surface area (Å²) in [5.41, 5.74) is 0. The Morgan fingerprint density at radius 1 is 1.55 bits per heavy atom. The van der Waals surface area contributed by atoms with Crippen LogP contribution in [0.1, 0.15) is 26.7 Å². The highest BCUT2D eigenvalue weighted by molar-refractivity contribution is 6.02. The summed E-state index contributed by atoms with van der Waals surface area (Å²) in [4.78, 5) is 36.8. The Bertz CT molecular complexity index is 583. The van der Waals surface area contributed by atoms with Crippen molar-refractivity contribution in [2.45, 2.75) is 39.3 Å². The summed E-state index contributed by atoms with van der Waals surface area (Å²) in [5, 5.41) is 15.5. The van der Waals surface area contributed by atoms with Gasteiger partial charge in [0.2, 0.25) is 5.91 Å². The largest absolute Gasteiger partial charge is 0.481 e. The Morgan fingerprint density at radius 2 is 2.27 bits per heavy atom. The fourth-order valence-electron chi connectivity index (χ4n) is 2.44. The number of carboxylic acids is 1. The van der Waals surface area contributed by atoms with E-state index in [1.165, 1.54) is 6.92 Å². The lowest BCUT2D eigenvalue weighted by molar-refractivity contribution is -0.147. The fourth-order valence-corrected chi connectivity index (χ4v) is 2.44. The maximum atomic E-state index is 12.5. The third-order valence-corrected chi connectivity index (χ3v) is 3.79. The smallest absolute Gasteiger partial charge is 0.315 e. The van der Waals surface area contributed by atoms with Crippen LogP contribution in [0.2, 0.25) is 0 Å². The number of carbonyl (C=O) groups excluding carboxylic acids is 2. The van der Waals surface area contributed by atoms with Crippen molar-refractivity contribution in [1.29, 1.82) is 0 Å². The Morgan fingerprint density at radius 3 is 2.91 bits per heavy atom. The molecule has 0 saturated carbocycles. The number of aryl methyl sites for hydroxylation is 1. The third kappa shape index (κ3) is 3.10. The molecule has 1 aliphatic heterocycles. The van der Waals surface area contributed by atoms with Gasteiger partial charge in [0, 0.05) is 19.2 Å². The predicted molar refractivity (Wildman–Crippen MR) is 78.2 cm³/mol. The van der Waals surface area contributed by atoms with Crippen LogP contribution in [0, 0.1) is 5.92 Å². The van der Waals surface area contributed by atoms with E-state index in [-0.39, 0.29) is 5.91 Å². The normalized spacial score (nSPS) is 19.8. The molecule has 1 saturated heterocycles. The lowest BCUT2D eigenvalue weighted by atomic mass is 10.0. The minimum Gasteiger partial charge on any atom is -0.481 e. The number of nitrogens with zero attached hydrogens (tertiary/aromatic N) is 3. The van der Waals surface area contributed by atoms with Gasteiger partial charge in [-0.2, -0.15) is 5.10 Å². The summed E-state index contributed by atoms with van der Waals surface area (Å²) in [6.07, 6.45) is 2.86. The maximum Gasteiger partial charge on any atom is 0.315 e. The molecule has 1 aromatic heterocycles. The molecule has 22 heavy (non-hydrogen) atoms. The monoisotopic (exact) mass is 308 g/mol. The number of anilines is 1. The molecule has 2 atom stereocenters. The Labute approximate surface area is 128 Å². The van der Waals surface area contributed by atoms with Gasteiger partial charge in [-0.25, -0.2) is 4.68 Å². The summed E-state index contributed by atoms with van der Waals surface area (Å²) in [7, 11) is 0. The molecule has 120 valence electrons. The molecule has 2 amide bonds. The topological polar surface area (TPSA) is 105 Å². The van der Waals surface area contributed by atoms with Gasteiger partial charge < -0.3 is 10.4 Å². The molecule has 0 radical (unpaired) electrons. The summed E-state index contributed by atoms with van der Waals surface area (Å²) < 4.78 is 1.71. The zero-order chi connectivity index (χ0) is 16.3. The quantitative estimate of drug-likeness (QED) is 0.758. The van der Waals surface area contributed by atoms with Crippen LogP contribution in [-0.2, 0) is 20.9 Å². The van der Waals surface area contributed by atoms with Crippen molar-refractivity contribution in [3.8, 4) is 0 Å². The van der Waals surface area contributed by atoms with E-state index in [0.29, 0.717) is 25.3 Å². The lowest BCUT2D eigenvalue weighted by Gasteiger charge is -2.32. The van der Waals surface area contributed by atoms with Gasteiger partial charge in [0.1, 0.15) is 17.8 Å². The van der Waals surface area contributed by atoms with E-state index in [4.69, 9.17) is 5.11 Å². The average molecular weight is 308 g/mol. The van der Waals surface area contributed by atoms with Crippen molar-refractivity contribution in [1.82, 2.24) is 15.1 Å². The van der Waals surface area contributed by atoms with E-state index in [1.807, 2.05) is 6.92 Å². The summed E-state index contributed by atoms with van der Waals surface area (Å²) in [6.45, 7) is 4.43. The first kappa shape index (κ1) is 16.0. The van der Waals surface area contributed by atoms with Crippen molar-refractivity contribution in [2.75, 3.05) is 11.4 Å². The zero-order valence-corrected chi connectivity index (χ0v) is 12.7. The molecule has 8 heteroatoms. The van der Waals surface area contributed by atoms with Gasteiger partial charge in [0.05, 0.1) is 6.20 Å². The molecule has 0 aliphatic carbocycles. The Kier molecular flexibility index (Phi) is 4.79. The number of amides is 2. The van der Waals surface area contributed by atoms with E-state index in [1.54, 1.807) is 21.8 Å². The first-order valence-electron chi connectivity index (χ1n) is 7.32. The number of piperidine rings is 1. The third-order valence-electron chi connectivity index (χ3n) is 3.79. The van der Waals surface area contributed by atoms with Crippen molar-refractivity contribution >= 4 is 23.6 Å². The van der Waals surface area contributed by atoms with Crippen molar-refractivity contribution < 1.29 is 19.5 Å². The lowest BCUT2D eigenvalue weighted by Crippen LogP contribution is -2.54. The molecule has 2 N–H and O–H groups in total. The minimum atomic E-state index is -1.21. The molecule has 1 aliphatic rings. The second kappa shape index (κ2) is 6.59. The second-order valence-electron chi connectivity index (χ2n) is 5.26.